The molecule has 0 saturated carbocycles. The van der Waals surface area contributed by atoms with Crippen molar-refractivity contribution in [1.82, 2.24) is 4.90 Å². The smallest absolute Gasteiger partial charge is 0.254 e. The second kappa shape index (κ2) is 7.99. The van der Waals surface area contributed by atoms with E-state index in [-0.39, 0.29) is 11.7 Å². The molecule has 0 unspecified atom stereocenters. The molecule has 2 aromatic rings. The number of hydrogen-bond acceptors (Lipinski definition) is 5. The maximum Gasteiger partial charge on any atom is 0.254 e. The van der Waals surface area contributed by atoms with Crippen LogP contribution in [0.3, 0.4) is 0 Å². The minimum atomic E-state index is -0.000961. The fourth-order valence-corrected chi connectivity index (χ4v) is 3.09. The summed E-state index contributed by atoms with van der Waals surface area (Å²) in [4.78, 5) is 16.9. The molecule has 3 rings (SSSR count). The topological polar surface area (TPSA) is 62.2 Å². The van der Waals surface area contributed by atoms with Gasteiger partial charge < -0.3 is 24.4 Å². The maximum absolute atomic E-state index is 12.8. The van der Waals surface area contributed by atoms with Gasteiger partial charge in [-0.25, -0.2) is 0 Å². The van der Waals surface area contributed by atoms with Crippen molar-refractivity contribution in [3.8, 4) is 17.2 Å². The fourth-order valence-electron chi connectivity index (χ4n) is 3.09. The van der Waals surface area contributed by atoms with Crippen molar-refractivity contribution in [2.45, 2.75) is 6.92 Å². The average molecular weight is 356 g/mol. The van der Waals surface area contributed by atoms with E-state index in [4.69, 9.17) is 9.47 Å². The Morgan fingerprint density at radius 3 is 2.35 bits per heavy atom. The summed E-state index contributed by atoms with van der Waals surface area (Å²) in [6.45, 7) is 5.22. The summed E-state index contributed by atoms with van der Waals surface area (Å²) >= 11 is 0. The van der Waals surface area contributed by atoms with Gasteiger partial charge in [0.2, 0.25) is 0 Å². The lowest BCUT2D eigenvalue weighted by Crippen LogP contribution is -2.48. The maximum atomic E-state index is 12.8. The van der Waals surface area contributed by atoms with E-state index in [1.165, 1.54) is 0 Å². The molecule has 2 aromatic carbocycles. The molecule has 1 fully saturated rings. The lowest BCUT2D eigenvalue weighted by atomic mass is 10.1. The SMILES string of the molecule is CCOc1cc(C(=O)N2CCN(c3ccc(O)cc3)CC2)ccc1OC. The van der Waals surface area contributed by atoms with E-state index < -0.39 is 0 Å². The molecule has 26 heavy (non-hydrogen) atoms. The van der Waals surface area contributed by atoms with Crippen LogP contribution >= 0.6 is 0 Å². The van der Waals surface area contributed by atoms with Crippen LogP contribution in [0, 0.1) is 0 Å². The highest BCUT2D eigenvalue weighted by Gasteiger charge is 2.23. The molecular weight excluding hydrogens is 332 g/mol. The first-order chi connectivity index (χ1) is 12.6. The molecule has 1 saturated heterocycles. The second-order valence-corrected chi connectivity index (χ2v) is 6.09. The second-order valence-electron chi connectivity index (χ2n) is 6.09. The number of anilines is 1. The van der Waals surface area contributed by atoms with E-state index in [0.717, 1.165) is 18.8 Å². The highest BCUT2D eigenvalue weighted by molar-refractivity contribution is 5.95. The standard InChI is InChI=1S/C20H24N2O4/c1-3-26-19-14-15(4-9-18(19)25-2)20(24)22-12-10-21(11-13-22)16-5-7-17(23)8-6-16/h4-9,14,23H,3,10-13H2,1-2H3. The summed E-state index contributed by atoms with van der Waals surface area (Å²) in [5.74, 6) is 1.47. The summed E-state index contributed by atoms with van der Waals surface area (Å²) in [5, 5.41) is 9.40. The van der Waals surface area contributed by atoms with E-state index in [9.17, 15) is 9.90 Å². The molecule has 0 aromatic heterocycles. The number of piperazine rings is 1. The number of amides is 1. The average Bonchev–Trinajstić information content (AvgIpc) is 2.68. The number of nitrogens with zero attached hydrogens (tertiary/aromatic N) is 2. The van der Waals surface area contributed by atoms with Gasteiger partial charge in [-0.2, -0.15) is 0 Å². The number of benzene rings is 2. The predicted octanol–water partition coefficient (Wildman–Crippen LogP) is 2.76. The highest BCUT2D eigenvalue weighted by atomic mass is 16.5. The van der Waals surface area contributed by atoms with E-state index in [1.54, 1.807) is 37.4 Å². The molecule has 138 valence electrons. The van der Waals surface area contributed by atoms with Crippen LogP contribution in [0.2, 0.25) is 0 Å². The van der Waals surface area contributed by atoms with Crippen molar-refractivity contribution < 1.29 is 19.4 Å². The normalized spacial score (nSPS) is 14.2. The lowest BCUT2D eigenvalue weighted by Gasteiger charge is -2.36. The van der Waals surface area contributed by atoms with Crippen LogP contribution in [0.4, 0.5) is 5.69 Å². The highest BCUT2D eigenvalue weighted by Crippen LogP contribution is 2.29. The monoisotopic (exact) mass is 356 g/mol. The minimum Gasteiger partial charge on any atom is -0.508 e. The molecular formula is C20H24N2O4. The van der Waals surface area contributed by atoms with Crippen molar-refractivity contribution in [3.63, 3.8) is 0 Å². The molecule has 1 heterocycles. The number of carbonyl (C=O) groups is 1. The molecule has 0 bridgehead atoms. The number of carbonyl (C=O) groups excluding carboxylic acids is 1. The number of phenolic OH excluding ortho intramolecular Hbond substituents is 1. The number of hydrogen-bond donors (Lipinski definition) is 1. The molecule has 1 aliphatic rings. The van der Waals surface area contributed by atoms with E-state index in [1.807, 2.05) is 24.0 Å². The lowest BCUT2D eigenvalue weighted by molar-refractivity contribution is 0.0746. The van der Waals surface area contributed by atoms with Gasteiger partial charge in [0.15, 0.2) is 11.5 Å². The number of methoxy groups -OCH3 is 1. The van der Waals surface area contributed by atoms with Crippen LogP contribution in [0.25, 0.3) is 0 Å². The van der Waals surface area contributed by atoms with Crippen molar-refractivity contribution in [3.05, 3.63) is 48.0 Å². The van der Waals surface area contributed by atoms with Gasteiger partial charge in [-0.15, -0.1) is 0 Å². The zero-order chi connectivity index (χ0) is 18.5. The van der Waals surface area contributed by atoms with Crippen LogP contribution in [0.15, 0.2) is 42.5 Å². The van der Waals surface area contributed by atoms with Gasteiger partial charge in [0.05, 0.1) is 13.7 Å². The third-order valence-electron chi connectivity index (χ3n) is 4.49. The van der Waals surface area contributed by atoms with Crippen LogP contribution in [0.5, 0.6) is 17.2 Å². The number of phenols is 1. The summed E-state index contributed by atoms with van der Waals surface area (Å²) in [6.07, 6.45) is 0. The van der Waals surface area contributed by atoms with Crippen LogP contribution < -0.4 is 14.4 Å². The van der Waals surface area contributed by atoms with Gasteiger partial charge in [0.1, 0.15) is 5.75 Å². The van der Waals surface area contributed by atoms with Gasteiger partial charge in [-0.1, -0.05) is 0 Å². The molecule has 0 spiro atoms. The Labute approximate surface area is 153 Å². The number of ether oxygens (including phenoxy) is 2. The molecule has 1 amide bonds. The van der Waals surface area contributed by atoms with Crippen molar-refractivity contribution in [2.75, 3.05) is 44.8 Å². The van der Waals surface area contributed by atoms with Gasteiger partial charge in [-0.05, 0) is 49.4 Å². The Balaban J connectivity index is 1.66. The summed E-state index contributed by atoms with van der Waals surface area (Å²) in [6, 6.07) is 12.4. The van der Waals surface area contributed by atoms with E-state index in [2.05, 4.69) is 4.90 Å². The van der Waals surface area contributed by atoms with Crippen molar-refractivity contribution in [2.24, 2.45) is 0 Å². The molecule has 0 radical (unpaired) electrons. The Morgan fingerprint density at radius 2 is 1.73 bits per heavy atom. The first kappa shape index (κ1) is 17.9. The molecule has 1 aliphatic heterocycles. The quantitative estimate of drug-likeness (QED) is 0.893. The molecule has 6 heteroatoms. The Kier molecular flexibility index (Phi) is 5.51. The van der Waals surface area contributed by atoms with Crippen LogP contribution in [0.1, 0.15) is 17.3 Å². The first-order valence-corrected chi connectivity index (χ1v) is 8.76. The Hall–Kier alpha value is -2.89. The number of aromatic hydroxyl groups is 1. The van der Waals surface area contributed by atoms with E-state index in [0.29, 0.717) is 36.8 Å². The zero-order valence-corrected chi connectivity index (χ0v) is 15.1. The van der Waals surface area contributed by atoms with Crippen LogP contribution in [-0.4, -0.2) is 55.8 Å². The van der Waals surface area contributed by atoms with Gasteiger partial charge in [-0.3, -0.25) is 4.79 Å². The van der Waals surface area contributed by atoms with Crippen LogP contribution in [-0.2, 0) is 0 Å². The third kappa shape index (κ3) is 3.85. The zero-order valence-electron chi connectivity index (χ0n) is 15.1. The van der Waals surface area contributed by atoms with E-state index >= 15 is 0 Å². The van der Waals surface area contributed by atoms with Crippen molar-refractivity contribution in [1.29, 1.82) is 0 Å². The van der Waals surface area contributed by atoms with Gasteiger partial charge in [0, 0.05) is 37.4 Å². The summed E-state index contributed by atoms with van der Waals surface area (Å²) in [5.41, 5.74) is 1.66. The largest absolute Gasteiger partial charge is 0.508 e. The van der Waals surface area contributed by atoms with Crippen molar-refractivity contribution >= 4 is 11.6 Å². The number of rotatable bonds is 5. The summed E-state index contributed by atoms with van der Waals surface area (Å²) in [7, 11) is 1.59. The fraction of sp³-hybridized carbons (Fsp3) is 0.350. The molecule has 6 nitrogen and oxygen atoms in total. The first-order valence-electron chi connectivity index (χ1n) is 8.76. The predicted molar refractivity (Wildman–Crippen MR) is 100 cm³/mol. The third-order valence-corrected chi connectivity index (χ3v) is 4.49. The Morgan fingerprint density at radius 1 is 1.04 bits per heavy atom. The molecule has 0 aliphatic carbocycles. The minimum absolute atomic E-state index is 0.000961. The molecule has 0 atom stereocenters. The Bertz CT molecular complexity index is 753. The summed E-state index contributed by atoms with van der Waals surface area (Å²) < 4.78 is 10.8. The molecule has 1 N–H and O–H groups in total. The van der Waals surface area contributed by atoms with Gasteiger partial charge >= 0.3 is 0 Å². The van der Waals surface area contributed by atoms with Gasteiger partial charge in [0.25, 0.3) is 5.91 Å².